The van der Waals surface area contributed by atoms with E-state index >= 15 is 0 Å². The van der Waals surface area contributed by atoms with Crippen molar-refractivity contribution in [2.45, 2.75) is 40.0 Å². The molecule has 2 aromatic heterocycles. The molecule has 0 aliphatic heterocycles. The lowest BCUT2D eigenvalue weighted by atomic mass is 10.3. The lowest BCUT2D eigenvalue weighted by molar-refractivity contribution is 0.783. The van der Waals surface area contributed by atoms with Crippen molar-refractivity contribution in [3.8, 4) is 0 Å². The molecule has 0 aromatic carbocycles. The maximum absolute atomic E-state index is 4.46. The molecule has 2 rings (SSSR count). The van der Waals surface area contributed by atoms with Gasteiger partial charge >= 0.3 is 0 Å². The quantitative estimate of drug-likeness (QED) is 0.595. The van der Waals surface area contributed by atoms with Crippen LogP contribution in [-0.4, -0.2) is 36.1 Å². The highest BCUT2D eigenvalue weighted by atomic mass is 32.1. The third-order valence-corrected chi connectivity index (χ3v) is 5.78. The van der Waals surface area contributed by atoms with Crippen molar-refractivity contribution in [3.63, 3.8) is 0 Å². The fourth-order valence-corrected chi connectivity index (χ4v) is 4.03. The molecule has 0 fully saturated rings. The zero-order valence-electron chi connectivity index (χ0n) is 14.3. The molecule has 0 saturated carbocycles. The van der Waals surface area contributed by atoms with E-state index in [1.54, 1.807) is 29.7 Å². The Labute approximate surface area is 146 Å². The number of hydrogen-bond acceptors (Lipinski definition) is 5. The van der Waals surface area contributed by atoms with Gasteiger partial charge in [0, 0.05) is 48.9 Å². The van der Waals surface area contributed by atoms with E-state index in [4.69, 9.17) is 0 Å². The minimum Gasteiger partial charge on any atom is -0.356 e. The van der Waals surface area contributed by atoms with Crippen LogP contribution in [0, 0.1) is 13.8 Å². The van der Waals surface area contributed by atoms with E-state index in [1.165, 1.54) is 14.8 Å². The SMILES string of the molecule is CCc1cnc(CCNC(=NC)NCCc2sc(C)nc2C)s1. The summed E-state index contributed by atoms with van der Waals surface area (Å²) in [4.78, 5) is 15.9. The molecule has 0 aliphatic rings. The van der Waals surface area contributed by atoms with E-state index in [9.17, 15) is 0 Å². The van der Waals surface area contributed by atoms with E-state index in [1.807, 2.05) is 6.20 Å². The number of aryl methyl sites for hydroxylation is 3. The third-order valence-electron chi connectivity index (χ3n) is 3.45. The molecule has 126 valence electrons. The Kier molecular flexibility index (Phi) is 6.98. The molecule has 2 heterocycles. The molecule has 0 amide bonds. The van der Waals surface area contributed by atoms with Crippen LogP contribution in [0.1, 0.15) is 32.4 Å². The molecule has 0 aliphatic carbocycles. The molecule has 0 spiro atoms. The summed E-state index contributed by atoms with van der Waals surface area (Å²) < 4.78 is 0. The topological polar surface area (TPSA) is 62.2 Å². The van der Waals surface area contributed by atoms with Crippen LogP contribution in [-0.2, 0) is 19.3 Å². The van der Waals surface area contributed by atoms with Crippen LogP contribution in [0.15, 0.2) is 11.2 Å². The van der Waals surface area contributed by atoms with E-state index in [0.717, 1.165) is 49.0 Å². The van der Waals surface area contributed by atoms with Crippen molar-refractivity contribution in [1.82, 2.24) is 20.6 Å². The van der Waals surface area contributed by atoms with Gasteiger partial charge < -0.3 is 10.6 Å². The van der Waals surface area contributed by atoms with Gasteiger partial charge in [0.25, 0.3) is 0 Å². The number of hydrogen-bond donors (Lipinski definition) is 2. The Morgan fingerprint density at radius 2 is 1.91 bits per heavy atom. The van der Waals surface area contributed by atoms with Gasteiger partial charge in [-0.3, -0.25) is 4.99 Å². The van der Waals surface area contributed by atoms with Crippen molar-refractivity contribution in [2.24, 2.45) is 4.99 Å². The van der Waals surface area contributed by atoms with Crippen molar-refractivity contribution in [2.75, 3.05) is 20.1 Å². The normalized spacial score (nSPS) is 11.7. The van der Waals surface area contributed by atoms with Crippen molar-refractivity contribution in [1.29, 1.82) is 0 Å². The van der Waals surface area contributed by atoms with Crippen LogP contribution >= 0.6 is 22.7 Å². The summed E-state index contributed by atoms with van der Waals surface area (Å²) >= 11 is 3.57. The van der Waals surface area contributed by atoms with Gasteiger partial charge in [0.05, 0.1) is 15.7 Å². The van der Waals surface area contributed by atoms with Crippen molar-refractivity contribution < 1.29 is 0 Å². The number of nitrogens with one attached hydrogen (secondary N) is 2. The van der Waals surface area contributed by atoms with Crippen LogP contribution in [0.3, 0.4) is 0 Å². The highest BCUT2D eigenvalue weighted by molar-refractivity contribution is 7.11. The summed E-state index contributed by atoms with van der Waals surface area (Å²) in [5, 5.41) is 9.02. The summed E-state index contributed by atoms with van der Waals surface area (Å²) in [5.74, 6) is 0.844. The number of rotatable bonds is 7. The number of aromatic nitrogens is 2. The molecule has 0 atom stereocenters. The molecule has 0 bridgehead atoms. The average Bonchev–Trinajstić information content (AvgIpc) is 3.12. The molecule has 2 aromatic rings. The van der Waals surface area contributed by atoms with Crippen LogP contribution in [0.25, 0.3) is 0 Å². The maximum Gasteiger partial charge on any atom is 0.191 e. The average molecular weight is 352 g/mol. The number of aliphatic imine (C=N–C) groups is 1. The molecule has 5 nitrogen and oxygen atoms in total. The van der Waals surface area contributed by atoms with Gasteiger partial charge in [0.2, 0.25) is 0 Å². The monoisotopic (exact) mass is 351 g/mol. The van der Waals surface area contributed by atoms with Crippen LogP contribution in [0.4, 0.5) is 0 Å². The minimum atomic E-state index is 0.842. The Morgan fingerprint density at radius 1 is 1.17 bits per heavy atom. The number of nitrogens with zero attached hydrogens (tertiary/aromatic N) is 3. The summed E-state index contributed by atoms with van der Waals surface area (Å²) in [5.41, 5.74) is 1.15. The van der Waals surface area contributed by atoms with Gasteiger partial charge in [-0.2, -0.15) is 0 Å². The Balaban J connectivity index is 1.70. The van der Waals surface area contributed by atoms with Crippen molar-refractivity contribution in [3.05, 3.63) is 31.7 Å². The van der Waals surface area contributed by atoms with Gasteiger partial charge in [-0.15, -0.1) is 22.7 Å². The fourth-order valence-electron chi connectivity index (χ4n) is 2.24. The molecular formula is C16H25N5S2. The third kappa shape index (κ3) is 5.58. The standard InChI is InChI=1S/C16H25N5S2/c1-5-13-10-20-15(23-13)7-9-19-16(17-4)18-8-6-14-11(2)21-12(3)22-14/h10H,5-9H2,1-4H3,(H2,17,18,19). The molecule has 23 heavy (non-hydrogen) atoms. The van der Waals surface area contributed by atoms with Crippen LogP contribution in [0.2, 0.25) is 0 Å². The second kappa shape index (κ2) is 8.98. The highest BCUT2D eigenvalue weighted by Gasteiger charge is 2.05. The molecule has 0 saturated heterocycles. The van der Waals surface area contributed by atoms with E-state index in [-0.39, 0.29) is 0 Å². The van der Waals surface area contributed by atoms with Gasteiger partial charge in [0.15, 0.2) is 5.96 Å². The Hall–Kier alpha value is -1.47. The van der Waals surface area contributed by atoms with E-state index < -0.39 is 0 Å². The molecule has 2 N–H and O–H groups in total. The second-order valence-electron chi connectivity index (χ2n) is 5.24. The van der Waals surface area contributed by atoms with E-state index in [2.05, 4.69) is 46.4 Å². The first-order chi connectivity index (χ1) is 11.1. The molecule has 0 unspecified atom stereocenters. The fraction of sp³-hybridized carbons (Fsp3) is 0.562. The first-order valence-electron chi connectivity index (χ1n) is 7.93. The first-order valence-corrected chi connectivity index (χ1v) is 9.56. The summed E-state index contributed by atoms with van der Waals surface area (Å²) in [6.45, 7) is 7.99. The molecule has 7 heteroatoms. The number of guanidine groups is 1. The Bertz CT molecular complexity index is 645. The first kappa shape index (κ1) is 17.9. The summed E-state index contributed by atoms with van der Waals surface area (Å²) in [6, 6.07) is 0. The zero-order valence-corrected chi connectivity index (χ0v) is 15.9. The molecule has 0 radical (unpaired) electrons. The lowest BCUT2D eigenvalue weighted by Gasteiger charge is -2.10. The summed E-state index contributed by atoms with van der Waals surface area (Å²) in [6.07, 6.45) is 4.94. The van der Waals surface area contributed by atoms with Gasteiger partial charge in [-0.25, -0.2) is 9.97 Å². The second-order valence-corrected chi connectivity index (χ2v) is 7.73. The lowest BCUT2D eigenvalue weighted by Crippen LogP contribution is -2.39. The van der Waals surface area contributed by atoms with Crippen molar-refractivity contribution >= 4 is 28.6 Å². The highest BCUT2D eigenvalue weighted by Crippen LogP contribution is 2.17. The minimum absolute atomic E-state index is 0.842. The van der Waals surface area contributed by atoms with Crippen LogP contribution < -0.4 is 10.6 Å². The molecular weight excluding hydrogens is 326 g/mol. The van der Waals surface area contributed by atoms with Gasteiger partial charge in [-0.05, 0) is 20.3 Å². The predicted octanol–water partition coefficient (Wildman–Crippen LogP) is 2.73. The maximum atomic E-state index is 4.46. The zero-order chi connectivity index (χ0) is 16.7. The summed E-state index contributed by atoms with van der Waals surface area (Å²) in [7, 11) is 1.80. The predicted molar refractivity (Wildman–Crippen MR) is 99.9 cm³/mol. The van der Waals surface area contributed by atoms with E-state index in [0.29, 0.717) is 0 Å². The van der Waals surface area contributed by atoms with Crippen LogP contribution in [0.5, 0.6) is 0 Å². The Morgan fingerprint density at radius 3 is 2.48 bits per heavy atom. The number of thiazole rings is 2. The largest absolute Gasteiger partial charge is 0.356 e. The smallest absolute Gasteiger partial charge is 0.191 e. The van der Waals surface area contributed by atoms with Gasteiger partial charge in [0.1, 0.15) is 0 Å². The van der Waals surface area contributed by atoms with Gasteiger partial charge in [-0.1, -0.05) is 6.92 Å².